The van der Waals surface area contributed by atoms with Crippen LogP contribution in [0, 0.1) is 24.7 Å². The normalized spacial score (nSPS) is 31.9. The average molecular weight is 344 g/mol. The number of anilines is 1. The predicted octanol–water partition coefficient (Wildman–Crippen LogP) is 2.86. The number of carbonyl (C=O) groups is 1. The van der Waals surface area contributed by atoms with Gasteiger partial charge in [0.05, 0.1) is 19.1 Å². The van der Waals surface area contributed by atoms with E-state index in [0.29, 0.717) is 11.8 Å². The third-order valence-corrected chi connectivity index (χ3v) is 6.19. The predicted molar refractivity (Wildman–Crippen MR) is 96.6 cm³/mol. The Morgan fingerprint density at radius 3 is 2.64 bits per heavy atom. The summed E-state index contributed by atoms with van der Waals surface area (Å²) in [5.41, 5.74) is 8.16. The summed E-state index contributed by atoms with van der Waals surface area (Å²) in [4.78, 5) is 12.7. The molecule has 3 N–H and O–H groups in total. The van der Waals surface area contributed by atoms with Crippen molar-refractivity contribution in [3.05, 3.63) is 23.8 Å². The smallest absolute Gasteiger partial charge is 0.229 e. The van der Waals surface area contributed by atoms with Gasteiger partial charge in [-0.3, -0.25) is 4.79 Å². The molecule has 4 rings (SSSR count). The van der Waals surface area contributed by atoms with E-state index < -0.39 is 0 Å². The van der Waals surface area contributed by atoms with Crippen LogP contribution in [0.1, 0.15) is 37.7 Å². The number of amides is 1. The Morgan fingerprint density at radius 2 is 1.96 bits per heavy atom. The first-order valence-corrected chi connectivity index (χ1v) is 9.53. The molecule has 4 unspecified atom stereocenters. The molecule has 2 bridgehead atoms. The largest absolute Gasteiger partial charge is 0.490 e. The second-order valence-corrected chi connectivity index (χ2v) is 7.84. The summed E-state index contributed by atoms with van der Waals surface area (Å²) in [5.74, 6) is 1.95. The monoisotopic (exact) mass is 344 g/mol. The highest BCUT2D eigenvalue weighted by Crippen LogP contribution is 2.48. The second kappa shape index (κ2) is 6.96. The maximum absolute atomic E-state index is 12.7. The molecule has 1 aliphatic heterocycles. The minimum absolute atomic E-state index is 0.0240. The van der Waals surface area contributed by atoms with Crippen LogP contribution in [0.25, 0.3) is 0 Å². The van der Waals surface area contributed by atoms with Crippen molar-refractivity contribution in [3.8, 4) is 5.75 Å². The van der Waals surface area contributed by atoms with Gasteiger partial charge in [-0.15, -0.1) is 0 Å². The molecule has 0 radical (unpaired) electrons. The van der Waals surface area contributed by atoms with Crippen LogP contribution < -0.4 is 15.8 Å². The highest BCUT2D eigenvalue weighted by atomic mass is 16.5. The fraction of sp³-hybridized carbons (Fsp3) is 0.650. The fourth-order valence-electron chi connectivity index (χ4n) is 4.78. The van der Waals surface area contributed by atoms with E-state index in [1.54, 1.807) is 0 Å². The molecule has 1 amide bonds. The van der Waals surface area contributed by atoms with Crippen molar-refractivity contribution in [3.63, 3.8) is 0 Å². The molecule has 4 atom stereocenters. The van der Waals surface area contributed by atoms with Crippen LogP contribution in [-0.2, 0) is 9.53 Å². The fourth-order valence-corrected chi connectivity index (χ4v) is 4.78. The number of ether oxygens (including phenoxy) is 2. The van der Waals surface area contributed by atoms with Gasteiger partial charge in [0.15, 0.2) is 0 Å². The van der Waals surface area contributed by atoms with Crippen molar-refractivity contribution >= 4 is 11.6 Å². The maximum atomic E-state index is 12.7. The first kappa shape index (κ1) is 16.9. The van der Waals surface area contributed by atoms with Gasteiger partial charge in [-0.05, 0) is 61.8 Å². The van der Waals surface area contributed by atoms with E-state index in [4.69, 9.17) is 15.2 Å². The molecule has 1 aromatic carbocycles. The minimum atomic E-state index is -0.0304. The van der Waals surface area contributed by atoms with Gasteiger partial charge in [0.2, 0.25) is 5.91 Å². The molecule has 0 spiro atoms. The molecule has 1 heterocycles. The van der Waals surface area contributed by atoms with Crippen molar-refractivity contribution in [2.75, 3.05) is 18.5 Å². The highest BCUT2D eigenvalue weighted by molar-refractivity contribution is 5.93. The van der Waals surface area contributed by atoms with E-state index in [2.05, 4.69) is 5.32 Å². The summed E-state index contributed by atoms with van der Waals surface area (Å²) < 4.78 is 11.5. The number of hydrogen-bond acceptors (Lipinski definition) is 4. The number of nitrogens with two attached hydrogens (primary N) is 1. The Balaban J connectivity index is 1.39. The van der Waals surface area contributed by atoms with Gasteiger partial charge in [-0.1, -0.05) is 0 Å². The average Bonchev–Trinajstić information content (AvgIpc) is 3.19. The van der Waals surface area contributed by atoms with E-state index in [9.17, 15) is 4.79 Å². The first-order valence-electron chi connectivity index (χ1n) is 9.53. The standard InChI is InChI=1S/C20H28N2O3/c1-12-10-15(4-5-17(12)25-16-6-8-24-9-7-16)22-20(23)18-13-2-3-14(11-13)19(18)21/h4-5,10,13-14,16,18-19H,2-3,6-9,11,21H2,1H3,(H,22,23). The summed E-state index contributed by atoms with van der Waals surface area (Å²) in [6.07, 6.45) is 5.54. The van der Waals surface area contributed by atoms with Gasteiger partial charge in [-0.2, -0.15) is 0 Å². The Bertz CT molecular complexity index is 640. The van der Waals surface area contributed by atoms with Gasteiger partial charge >= 0.3 is 0 Å². The molecular formula is C20H28N2O3. The Morgan fingerprint density at radius 1 is 1.20 bits per heavy atom. The van der Waals surface area contributed by atoms with Gasteiger partial charge in [-0.25, -0.2) is 0 Å². The van der Waals surface area contributed by atoms with Crippen molar-refractivity contribution < 1.29 is 14.3 Å². The zero-order valence-corrected chi connectivity index (χ0v) is 14.9. The molecule has 5 heteroatoms. The summed E-state index contributed by atoms with van der Waals surface area (Å²) in [7, 11) is 0. The lowest BCUT2D eigenvalue weighted by molar-refractivity contribution is -0.121. The van der Waals surface area contributed by atoms with Gasteiger partial charge in [0, 0.05) is 24.6 Å². The van der Waals surface area contributed by atoms with Crippen molar-refractivity contribution in [1.29, 1.82) is 0 Å². The quantitative estimate of drug-likeness (QED) is 0.881. The lowest BCUT2D eigenvalue weighted by Gasteiger charge is -2.27. The summed E-state index contributed by atoms with van der Waals surface area (Å²) in [6, 6.07) is 5.90. The lowest BCUT2D eigenvalue weighted by Crippen LogP contribution is -2.42. The molecule has 5 nitrogen and oxygen atoms in total. The first-order chi connectivity index (χ1) is 12.1. The Labute approximate surface area is 149 Å². The number of nitrogens with one attached hydrogen (secondary N) is 1. The maximum Gasteiger partial charge on any atom is 0.229 e. The number of hydrogen-bond donors (Lipinski definition) is 2. The van der Waals surface area contributed by atoms with Gasteiger partial charge in [0.1, 0.15) is 11.9 Å². The topological polar surface area (TPSA) is 73.6 Å². The van der Waals surface area contributed by atoms with E-state index in [1.165, 1.54) is 6.42 Å². The molecule has 0 aromatic heterocycles. The van der Waals surface area contributed by atoms with Crippen LogP contribution in [0.3, 0.4) is 0 Å². The third kappa shape index (κ3) is 3.40. The van der Waals surface area contributed by atoms with E-state index in [1.807, 2.05) is 25.1 Å². The number of benzene rings is 1. The lowest BCUT2D eigenvalue weighted by atomic mass is 9.84. The SMILES string of the molecule is Cc1cc(NC(=O)C2C3CCC(C3)C2N)ccc1OC1CCOCC1. The summed E-state index contributed by atoms with van der Waals surface area (Å²) >= 11 is 0. The van der Waals surface area contributed by atoms with E-state index >= 15 is 0 Å². The number of aryl methyl sites for hydroxylation is 1. The molecular weight excluding hydrogens is 316 g/mol. The van der Waals surface area contributed by atoms with Crippen molar-refractivity contribution in [1.82, 2.24) is 0 Å². The Hall–Kier alpha value is -1.59. The molecule has 1 aromatic rings. The highest BCUT2D eigenvalue weighted by Gasteiger charge is 2.49. The molecule has 3 fully saturated rings. The molecule has 2 aliphatic carbocycles. The van der Waals surface area contributed by atoms with Gasteiger partial charge in [0.25, 0.3) is 0 Å². The molecule has 2 saturated carbocycles. The molecule has 3 aliphatic rings. The number of rotatable bonds is 4. The molecule has 25 heavy (non-hydrogen) atoms. The van der Waals surface area contributed by atoms with Crippen LogP contribution in [0.4, 0.5) is 5.69 Å². The zero-order valence-electron chi connectivity index (χ0n) is 14.9. The summed E-state index contributed by atoms with van der Waals surface area (Å²) in [6.45, 7) is 3.55. The minimum Gasteiger partial charge on any atom is -0.490 e. The van der Waals surface area contributed by atoms with Crippen LogP contribution >= 0.6 is 0 Å². The zero-order chi connectivity index (χ0) is 17.4. The number of fused-ring (bicyclic) bond motifs is 2. The van der Waals surface area contributed by atoms with Crippen molar-refractivity contribution in [2.45, 2.75) is 51.2 Å². The summed E-state index contributed by atoms with van der Waals surface area (Å²) in [5, 5.41) is 3.08. The van der Waals surface area contributed by atoms with E-state index in [-0.39, 0.29) is 24.0 Å². The van der Waals surface area contributed by atoms with Gasteiger partial charge < -0.3 is 20.5 Å². The third-order valence-electron chi connectivity index (χ3n) is 6.19. The van der Waals surface area contributed by atoms with E-state index in [0.717, 1.165) is 55.9 Å². The molecule has 136 valence electrons. The second-order valence-electron chi connectivity index (χ2n) is 7.84. The van der Waals surface area contributed by atoms with Crippen LogP contribution in [0.2, 0.25) is 0 Å². The van der Waals surface area contributed by atoms with Crippen LogP contribution in [0.15, 0.2) is 18.2 Å². The van der Waals surface area contributed by atoms with Crippen LogP contribution in [0.5, 0.6) is 5.75 Å². The van der Waals surface area contributed by atoms with Crippen LogP contribution in [-0.4, -0.2) is 31.3 Å². The Kier molecular flexibility index (Phi) is 4.69. The van der Waals surface area contributed by atoms with Crippen molar-refractivity contribution in [2.24, 2.45) is 23.5 Å². The molecule has 1 saturated heterocycles. The number of carbonyl (C=O) groups excluding carboxylic acids is 1.